The Bertz CT molecular complexity index is 953. The number of nitrogens with zero attached hydrogens (tertiary/aromatic N) is 2. The first-order valence-corrected chi connectivity index (χ1v) is 12.1. The SMILES string of the molecule is CCCCOc1ccc(C(=O)Nc2nc3c(s2)CN(S(=O)(=O)C(C)C)CC3)cc1. The second kappa shape index (κ2) is 9.23. The van der Waals surface area contributed by atoms with Gasteiger partial charge in [0.2, 0.25) is 10.0 Å². The maximum atomic E-state index is 12.5. The number of sulfonamides is 1. The Morgan fingerprint density at radius 1 is 1.31 bits per heavy atom. The normalized spacial score (nSPS) is 14.6. The third-order valence-electron chi connectivity index (χ3n) is 4.76. The number of nitrogens with one attached hydrogen (secondary N) is 1. The lowest BCUT2D eigenvalue weighted by atomic mass is 10.2. The molecule has 1 aliphatic heterocycles. The second-order valence-corrected chi connectivity index (χ2v) is 10.8. The van der Waals surface area contributed by atoms with Crippen LogP contribution in [0, 0.1) is 0 Å². The zero-order valence-electron chi connectivity index (χ0n) is 17.0. The molecule has 0 spiro atoms. The molecule has 7 nitrogen and oxygen atoms in total. The number of carbonyl (C=O) groups is 1. The summed E-state index contributed by atoms with van der Waals surface area (Å²) >= 11 is 1.33. The number of ether oxygens (including phenoxy) is 1. The molecule has 0 bridgehead atoms. The van der Waals surface area contributed by atoms with Crippen molar-refractivity contribution < 1.29 is 17.9 Å². The van der Waals surface area contributed by atoms with E-state index in [0.717, 1.165) is 29.2 Å². The van der Waals surface area contributed by atoms with Crippen LogP contribution in [0.1, 0.15) is 54.5 Å². The fraction of sp³-hybridized carbons (Fsp3) is 0.500. The van der Waals surface area contributed by atoms with Gasteiger partial charge in [-0.25, -0.2) is 13.4 Å². The Morgan fingerprint density at radius 3 is 2.69 bits per heavy atom. The maximum Gasteiger partial charge on any atom is 0.257 e. The summed E-state index contributed by atoms with van der Waals surface area (Å²) < 4.78 is 31.9. The van der Waals surface area contributed by atoms with Crippen LogP contribution in [-0.2, 0) is 23.0 Å². The van der Waals surface area contributed by atoms with Gasteiger partial charge in [0.25, 0.3) is 5.91 Å². The van der Waals surface area contributed by atoms with Gasteiger partial charge in [-0.05, 0) is 44.5 Å². The molecule has 1 aliphatic rings. The van der Waals surface area contributed by atoms with E-state index >= 15 is 0 Å². The lowest BCUT2D eigenvalue weighted by Crippen LogP contribution is -2.39. The van der Waals surface area contributed by atoms with Gasteiger partial charge in [-0.15, -0.1) is 11.3 Å². The van der Waals surface area contributed by atoms with Gasteiger partial charge in [0, 0.05) is 30.0 Å². The number of anilines is 1. The molecule has 0 atom stereocenters. The smallest absolute Gasteiger partial charge is 0.257 e. The summed E-state index contributed by atoms with van der Waals surface area (Å²) in [6, 6.07) is 7.01. The Hall–Kier alpha value is -1.97. The minimum Gasteiger partial charge on any atom is -0.494 e. The van der Waals surface area contributed by atoms with Gasteiger partial charge in [0.15, 0.2) is 5.13 Å². The number of thiazole rings is 1. The third-order valence-corrected chi connectivity index (χ3v) is 7.98. The van der Waals surface area contributed by atoms with E-state index in [1.165, 1.54) is 15.6 Å². The molecule has 1 aromatic heterocycles. The molecule has 9 heteroatoms. The van der Waals surface area contributed by atoms with Gasteiger partial charge in [-0.1, -0.05) is 13.3 Å². The van der Waals surface area contributed by atoms with E-state index < -0.39 is 15.3 Å². The van der Waals surface area contributed by atoms with Gasteiger partial charge in [0.1, 0.15) is 5.75 Å². The van der Waals surface area contributed by atoms with Crippen LogP contribution in [0.4, 0.5) is 5.13 Å². The Balaban J connectivity index is 1.64. The standard InChI is InChI=1S/C20H27N3O4S2/c1-4-5-12-27-16-8-6-15(7-9-16)19(24)22-20-21-17-10-11-23(13-18(17)28-20)29(25,26)14(2)3/h6-9,14H,4-5,10-13H2,1-3H3,(H,21,22,24). The highest BCUT2D eigenvalue weighted by atomic mass is 32.2. The Labute approximate surface area is 176 Å². The van der Waals surface area contributed by atoms with E-state index in [1.807, 2.05) is 0 Å². The summed E-state index contributed by atoms with van der Waals surface area (Å²) in [6.07, 6.45) is 2.61. The Kier molecular flexibility index (Phi) is 6.92. The molecule has 158 valence electrons. The van der Waals surface area contributed by atoms with Crippen molar-refractivity contribution in [2.75, 3.05) is 18.5 Å². The molecular formula is C20H27N3O4S2. The van der Waals surface area contributed by atoms with Crippen molar-refractivity contribution in [3.63, 3.8) is 0 Å². The van der Waals surface area contributed by atoms with Crippen LogP contribution >= 0.6 is 11.3 Å². The molecule has 0 unspecified atom stereocenters. The van der Waals surface area contributed by atoms with Gasteiger partial charge < -0.3 is 4.74 Å². The largest absolute Gasteiger partial charge is 0.494 e. The Morgan fingerprint density at radius 2 is 2.03 bits per heavy atom. The van der Waals surface area contributed by atoms with Crippen LogP contribution in [0.3, 0.4) is 0 Å². The van der Waals surface area contributed by atoms with Crippen LogP contribution in [-0.4, -0.2) is 42.0 Å². The molecule has 0 aliphatic carbocycles. The fourth-order valence-corrected chi connectivity index (χ4v) is 5.30. The van der Waals surface area contributed by atoms with Crippen molar-refractivity contribution in [1.82, 2.24) is 9.29 Å². The summed E-state index contributed by atoms with van der Waals surface area (Å²) in [5, 5.41) is 2.86. The molecule has 1 N–H and O–H groups in total. The number of benzene rings is 1. The predicted molar refractivity (Wildman–Crippen MR) is 115 cm³/mol. The molecule has 0 saturated carbocycles. The number of hydrogen-bond donors (Lipinski definition) is 1. The molecular weight excluding hydrogens is 410 g/mol. The first-order chi connectivity index (χ1) is 13.8. The van der Waals surface area contributed by atoms with Crippen LogP contribution in [0.2, 0.25) is 0 Å². The van der Waals surface area contributed by atoms with Crippen LogP contribution in [0.15, 0.2) is 24.3 Å². The molecule has 0 saturated heterocycles. The van der Waals surface area contributed by atoms with Gasteiger partial charge in [-0.2, -0.15) is 4.31 Å². The summed E-state index contributed by atoms with van der Waals surface area (Å²) in [5.41, 5.74) is 1.38. The molecule has 3 rings (SSSR count). The van der Waals surface area contributed by atoms with Crippen molar-refractivity contribution in [2.45, 2.75) is 51.8 Å². The van der Waals surface area contributed by atoms with E-state index in [2.05, 4.69) is 17.2 Å². The van der Waals surface area contributed by atoms with E-state index in [0.29, 0.717) is 36.8 Å². The molecule has 1 aromatic carbocycles. The molecule has 0 fully saturated rings. The number of rotatable bonds is 8. The molecule has 2 aromatic rings. The monoisotopic (exact) mass is 437 g/mol. The summed E-state index contributed by atoms with van der Waals surface area (Å²) in [7, 11) is -3.30. The molecule has 0 radical (unpaired) electrons. The zero-order chi connectivity index (χ0) is 21.0. The quantitative estimate of drug-likeness (QED) is 0.637. The number of amides is 1. The highest BCUT2D eigenvalue weighted by Gasteiger charge is 2.31. The van der Waals surface area contributed by atoms with E-state index in [4.69, 9.17) is 4.74 Å². The first kappa shape index (κ1) is 21.7. The second-order valence-electron chi connectivity index (χ2n) is 7.25. The molecule has 2 heterocycles. The fourth-order valence-electron chi connectivity index (χ4n) is 2.95. The third kappa shape index (κ3) is 5.15. The molecule has 1 amide bonds. The van der Waals surface area contributed by atoms with E-state index in [9.17, 15) is 13.2 Å². The minimum absolute atomic E-state index is 0.247. The van der Waals surface area contributed by atoms with E-state index in [1.54, 1.807) is 38.1 Å². The van der Waals surface area contributed by atoms with Crippen molar-refractivity contribution in [3.05, 3.63) is 40.4 Å². The average molecular weight is 438 g/mol. The highest BCUT2D eigenvalue weighted by Crippen LogP contribution is 2.30. The number of fused-ring (bicyclic) bond motifs is 1. The van der Waals surface area contributed by atoms with Crippen molar-refractivity contribution in [3.8, 4) is 5.75 Å². The van der Waals surface area contributed by atoms with Crippen molar-refractivity contribution in [2.24, 2.45) is 0 Å². The summed E-state index contributed by atoms with van der Waals surface area (Å²) in [5.74, 6) is 0.494. The topological polar surface area (TPSA) is 88.6 Å². The minimum atomic E-state index is -3.30. The van der Waals surface area contributed by atoms with Crippen LogP contribution in [0.5, 0.6) is 5.75 Å². The van der Waals surface area contributed by atoms with E-state index in [-0.39, 0.29) is 5.91 Å². The molecule has 29 heavy (non-hydrogen) atoms. The van der Waals surface area contributed by atoms with Gasteiger partial charge >= 0.3 is 0 Å². The summed E-state index contributed by atoms with van der Waals surface area (Å²) in [4.78, 5) is 17.9. The number of carbonyl (C=O) groups excluding carboxylic acids is 1. The number of hydrogen-bond acceptors (Lipinski definition) is 6. The first-order valence-electron chi connectivity index (χ1n) is 9.83. The van der Waals surface area contributed by atoms with Crippen LogP contribution in [0.25, 0.3) is 0 Å². The van der Waals surface area contributed by atoms with Crippen molar-refractivity contribution in [1.29, 1.82) is 0 Å². The lowest BCUT2D eigenvalue weighted by Gasteiger charge is -2.26. The van der Waals surface area contributed by atoms with Crippen molar-refractivity contribution >= 4 is 32.4 Å². The summed E-state index contributed by atoms with van der Waals surface area (Å²) in [6.45, 7) is 6.87. The van der Waals surface area contributed by atoms with Gasteiger partial charge in [-0.3, -0.25) is 10.1 Å². The lowest BCUT2D eigenvalue weighted by molar-refractivity contribution is 0.102. The highest BCUT2D eigenvalue weighted by molar-refractivity contribution is 7.89. The van der Waals surface area contributed by atoms with Gasteiger partial charge in [0.05, 0.1) is 17.6 Å². The number of unbranched alkanes of at least 4 members (excludes halogenated alkanes) is 1. The average Bonchev–Trinajstić information content (AvgIpc) is 3.10. The maximum absolute atomic E-state index is 12.5. The predicted octanol–water partition coefficient (Wildman–Crippen LogP) is 3.67. The number of aromatic nitrogens is 1. The van der Waals surface area contributed by atoms with Crippen LogP contribution < -0.4 is 10.1 Å². The zero-order valence-corrected chi connectivity index (χ0v) is 18.6.